The van der Waals surface area contributed by atoms with Gasteiger partial charge in [-0.25, -0.2) is 4.79 Å². The first-order valence-corrected chi connectivity index (χ1v) is 9.11. The lowest BCUT2D eigenvalue weighted by Gasteiger charge is -2.42. The number of likely N-dealkylation sites (tertiary alicyclic amines) is 1. The fourth-order valence-corrected chi connectivity index (χ4v) is 3.91. The first-order valence-electron chi connectivity index (χ1n) is 9.11. The van der Waals surface area contributed by atoms with Gasteiger partial charge < -0.3 is 9.64 Å². The molecular formula is C19H33NO3. The fraction of sp³-hybridized carbons (Fsp3) is 0.895. The van der Waals surface area contributed by atoms with Crippen LogP contribution in [0.2, 0.25) is 0 Å². The number of carbonyl (C=O) groups is 2. The van der Waals surface area contributed by atoms with Crippen LogP contribution in [0.15, 0.2) is 0 Å². The Bertz CT molecular complexity index is 450. The van der Waals surface area contributed by atoms with Gasteiger partial charge in [0.15, 0.2) is 0 Å². The average molecular weight is 323 g/mol. The van der Waals surface area contributed by atoms with E-state index < -0.39 is 5.60 Å². The van der Waals surface area contributed by atoms with Crippen LogP contribution in [-0.2, 0) is 9.53 Å². The molecule has 1 saturated carbocycles. The zero-order valence-corrected chi connectivity index (χ0v) is 15.5. The molecule has 4 heteroatoms. The highest BCUT2D eigenvalue weighted by molar-refractivity contribution is 5.83. The van der Waals surface area contributed by atoms with Crippen molar-refractivity contribution in [1.29, 1.82) is 0 Å². The predicted octanol–water partition coefficient (Wildman–Crippen LogP) is 4.56. The molecule has 2 rings (SSSR count). The summed E-state index contributed by atoms with van der Waals surface area (Å²) < 4.78 is 5.62. The van der Waals surface area contributed by atoms with E-state index in [1.54, 1.807) is 0 Å². The predicted molar refractivity (Wildman–Crippen MR) is 91.3 cm³/mol. The van der Waals surface area contributed by atoms with Gasteiger partial charge in [0.05, 0.1) is 0 Å². The van der Waals surface area contributed by atoms with Crippen LogP contribution >= 0.6 is 0 Å². The summed E-state index contributed by atoms with van der Waals surface area (Å²) in [7, 11) is 0. The molecular weight excluding hydrogens is 290 g/mol. The average Bonchev–Trinajstić information content (AvgIpc) is 2.65. The van der Waals surface area contributed by atoms with E-state index >= 15 is 0 Å². The fourth-order valence-electron chi connectivity index (χ4n) is 3.91. The van der Waals surface area contributed by atoms with Crippen molar-refractivity contribution in [2.24, 2.45) is 11.3 Å². The number of hydrogen-bond acceptors (Lipinski definition) is 3. The third kappa shape index (κ3) is 4.95. The Balaban J connectivity index is 2.20. The summed E-state index contributed by atoms with van der Waals surface area (Å²) in [5.74, 6) is 0.314. The largest absolute Gasteiger partial charge is 0.444 e. The summed E-state index contributed by atoms with van der Waals surface area (Å²) in [5.41, 5.74) is -0.311. The first kappa shape index (κ1) is 18.3. The number of ether oxygens (including phenoxy) is 1. The highest BCUT2D eigenvalue weighted by Crippen LogP contribution is 2.41. The van der Waals surface area contributed by atoms with Gasteiger partial charge in [-0.15, -0.1) is 0 Å². The number of amides is 1. The van der Waals surface area contributed by atoms with E-state index in [1.807, 2.05) is 25.7 Å². The van der Waals surface area contributed by atoms with Crippen molar-refractivity contribution in [3.8, 4) is 0 Å². The summed E-state index contributed by atoms with van der Waals surface area (Å²) in [6.45, 7) is 10.9. The van der Waals surface area contributed by atoms with Gasteiger partial charge in [0.25, 0.3) is 0 Å². The monoisotopic (exact) mass is 323 g/mol. The van der Waals surface area contributed by atoms with Gasteiger partial charge in [-0.3, -0.25) is 4.79 Å². The molecule has 1 saturated heterocycles. The van der Waals surface area contributed by atoms with Gasteiger partial charge in [-0.2, -0.15) is 0 Å². The standard InChI is InChI=1S/C19H33NO3/c1-18(2,3)23-17(22)20-12-8-6-7-9-15(20)14-13-19(4,5)11-10-16(14)21/h14-15H,6-13H2,1-5H3. The molecule has 2 fully saturated rings. The van der Waals surface area contributed by atoms with Gasteiger partial charge in [-0.1, -0.05) is 26.7 Å². The topological polar surface area (TPSA) is 46.6 Å². The van der Waals surface area contributed by atoms with E-state index in [9.17, 15) is 9.59 Å². The van der Waals surface area contributed by atoms with E-state index in [2.05, 4.69) is 13.8 Å². The number of ketones is 1. The number of rotatable bonds is 1. The van der Waals surface area contributed by atoms with Gasteiger partial charge in [-0.05, 0) is 51.9 Å². The summed E-state index contributed by atoms with van der Waals surface area (Å²) in [4.78, 5) is 27.1. The quantitative estimate of drug-likeness (QED) is 0.710. The van der Waals surface area contributed by atoms with E-state index in [-0.39, 0.29) is 23.5 Å². The van der Waals surface area contributed by atoms with Crippen LogP contribution < -0.4 is 0 Å². The lowest BCUT2D eigenvalue weighted by Crippen LogP contribution is -2.50. The molecule has 2 aliphatic rings. The Labute approximate surface area is 140 Å². The van der Waals surface area contributed by atoms with Crippen molar-refractivity contribution in [2.45, 2.75) is 91.2 Å². The zero-order chi connectivity index (χ0) is 17.3. The van der Waals surface area contributed by atoms with E-state index in [0.717, 1.165) is 38.5 Å². The van der Waals surface area contributed by atoms with Crippen molar-refractivity contribution in [2.75, 3.05) is 6.54 Å². The van der Waals surface area contributed by atoms with Crippen LogP contribution in [0.4, 0.5) is 4.79 Å². The van der Waals surface area contributed by atoms with Crippen LogP contribution in [0.1, 0.15) is 79.6 Å². The van der Waals surface area contributed by atoms with Crippen molar-refractivity contribution >= 4 is 11.9 Å². The molecule has 0 aromatic heterocycles. The van der Waals surface area contributed by atoms with Crippen LogP contribution in [0, 0.1) is 11.3 Å². The maximum atomic E-state index is 12.7. The third-order valence-corrected chi connectivity index (χ3v) is 5.13. The Kier molecular flexibility index (Phi) is 5.42. The van der Waals surface area contributed by atoms with Crippen molar-refractivity contribution < 1.29 is 14.3 Å². The molecule has 0 radical (unpaired) electrons. The lowest BCUT2D eigenvalue weighted by molar-refractivity contribution is -0.129. The number of nitrogens with zero attached hydrogens (tertiary/aromatic N) is 1. The number of hydrogen-bond donors (Lipinski definition) is 0. The molecule has 2 atom stereocenters. The van der Waals surface area contributed by atoms with Gasteiger partial charge in [0.2, 0.25) is 0 Å². The highest BCUT2D eigenvalue weighted by atomic mass is 16.6. The highest BCUT2D eigenvalue weighted by Gasteiger charge is 2.42. The SMILES string of the molecule is CC1(C)CCC(=O)C(C2CCCCCN2C(=O)OC(C)(C)C)C1. The molecule has 0 aromatic rings. The minimum Gasteiger partial charge on any atom is -0.444 e. The second-order valence-corrected chi connectivity index (χ2v) is 9.03. The second-order valence-electron chi connectivity index (χ2n) is 9.03. The molecule has 1 amide bonds. The maximum absolute atomic E-state index is 12.7. The molecule has 0 spiro atoms. The number of Topliss-reactive ketones (excluding diaryl/α,β-unsaturated/α-hetero) is 1. The van der Waals surface area contributed by atoms with E-state index in [1.165, 1.54) is 0 Å². The summed E-state index contributed by atoms with van der Waals surface area (Å²) in [5, 5.41) is 0. The Morgan fingerprint density at radius 3 is 2.57 bits per heavy atom. The maximum Gasteiger partial charge on any atom is 0.410 e. The van der Waals surface area contributed by atoms with Crippen LogP contribution in [-0.4, -0.2) is 35.0 Å². The molecule has 132 valence electrons. The second kappa shape index (κ2) is 6.82. The first-order chi connectivity index (χ1) is 10.6. The summed E-state index contributed by atoms with van der Waals surface area (Å²) in [6, 6.07) is 0.0134. The Hall–Kier alpha value is -1.06. The molecule has 1 aliphatic heterocycles. The summed E-state index contributed by atoms with van der Waals surface area (Å²) in [6.07, 6.45) is 6.38. The zero-order valence-electron chi connectivity index (χ0n) is 15.5. The molecule has 2 unspecified atom stereocenters. The van der Waals surface area contributed by atoms with Gasteiger partial charge in [0.1, 0.15) is 11.4 Å². The summed E-state index contributed by atoms with van der Waals surface area (Å²) >= 11 is 0. The van der Waals surface area contributed by atoms with E-state index in [0.29, 0.717) is 18.7 Å². The van der Waals surface area contributed by atoms with Crippen molar-refractivity contribution in [3.63, 3.8) is 0 Å². The Morgan fingerprint density at radius 2 is 1.91 bits per heavy atom. The number of carbonyl (C=O) groups excluding carboxylic acids is 2. The smallest absolute Gasteiger partial charge is 0.410 e. The minimum atomic E-state index is -0.496. The van der Waals surface area contributed by atoms with Crippen LogP contribution in [0.25, 0.3) is 0 Å². The van der Waals surface area contributed by atoms with Crippen LogP contribution in [0.5, 0.6) is 0 Å². The molecule has 0 N–H and O–H groups in total. The normalized spacial score (nSPS) is 29.1. The molecule has 1 aliphatic carbocycles. The molecule has 0 bridgehead atoms. The van der Waals surface area contributed by atoms with Crippen molar-refractivity contribution in [3.05, 3.63) is 0 Å². The van der Waals surface area contributed by atoms with Crippen molar-refractivity contribution in [1.82, 2.24) is 4.90 Å². The van der Waals surface area contributed by atoms with Crippen LogP contribution in [0.3, 0.4) is 0 Å². The molecule has 4 nitrogen and oxygen atoms in total. The Morgan fingerprint density at radius 1 is 1.22 bits per heavy atom. The molecule has 1 heterocycles. The minimum absolute atomic E-state index is 0.0134. The lowest BCUT2D eigenvalue weighted by atomic mass is 9.68. The molecule has 0 aromatic carbocycles. The molecule has 23 heavy (non-hydrogen) atoms. The van der Waals surface area contributed by atoms with Gasteiger partial charge in [0, 0.05) is 24.9 Å². The van der Waals surface area contributed by atoms with Gasteiger partial charge >= 0.3 is 6.09 Å². The third-order valence-electron chi connectivity index (χ3n) is 5.13. The van der Waals surface area contributed by atoms with E-state index in [4.69, 9.17) is 4.74 Å².